The van der Waals surface area contributed by atoms with Crippen molar-refractivity contribution in [1.82, 2.24) is 4.98 Å². The van der Waals surface area contributed by atoms with E-state index in [-0.39, 0.29) is 12.0 Å². The highest BCUT2D eigenvalue weighted by atomic mass is 35.5. The Morgan fingerprint density at radius 1 is 1.25 bits per heavy atom. The van der Waals surface area contributed by atoms with Crippen LogP contribution in [0.5, 0.6) is 0 Å². The van der Waals surface area contributed by atoms with Gasteiger partial charge in [0.05, 0.1) is 22.9 Å². The highest BCUT2D eigenvalue weighted by Gasteiger charge is 2.29. The molecule has 1 fully saturated rings. The first-order chi connectivity index (χ1) is 13.7. The maximum Gasteiger partial charge on any atom is 0.295 e. The lowest BCUT2D eigenvalue weighted by Crippen LogP contribution is -2.37. The van der Waals surface area contributed by atoms with Crippen molar-refractivity contribution in [2.45, 2.75) is 18.9 Å². The van der Waals surface area contributed by atoms with Crippen molar-refractivity contribution in [2.75, 3.05) is 18.1 Å². The van der Waals surface area contributed by atoms with E-state index in [2.05, 4.69) is 4.98 Å². The van der Waals surface area contributed by atoms with Gasteiger partial charge in [-0.05, 0) is 43.2 Å². The van der Waals surface area contributed by atoms with Crippen LogP contribution in [-0.2, 0) is 4.74 Å². The van der Waals surface area contributed by atoms with Crippen molar-refractivity contribution in [3.8, 4) is 0 Å². The number of hydrogen-bond donors (Lipinski definition) is 0. The van der Waals surface area contributed by atoms with Gasteiger partial charge in [0.1, 0.15) is 5.58 Å². The minimum absolute atomic E-state index is 0.00364. The normalized spacial score (nSPS) is 16.8. The van der Waals surface area contributed by atoms with E-state index in [0.29, 0.717) is 28.0 Å². The van der Waals surface area contributed by atoms with Gasteiger partial charge in [0, 0.05) is 17.0 Å². The van der Waals surface area contributed by atoms with Crippen molar-refractivity contribution in [3.63, 3.8) is 0 Å². The number of amides is 1. The molecule has 142 valence electrons. The summed E-state index contributed by atoms with van der Waals surface area (Å²) in [6, 6.07) is 14.9. The number of nitrogens with zero attached hydrogens (tertiary/aromatic N) is 2. The molecule has 1 amide bonds. The molecule has 7 heteroatoms. The largest absolute Gasteiger partial charge is 0.451 e. The van der Waals surface area contributed by atoms with Crippen LogP contribution in [0, 0.1) is 0 Å². The summed E-state index contributed by atoms with van der Waals surface area (Å²) in [5.41, 5.74) is 1.51. The minimum Gasteiger partial charge on any atom is -0.451 e. The summed E-state index contributed by atoms with van der Waals surface area (Å²) in [7, 11) is 0. The van der Waals surface area contributed by atoms with Crippen LogP contribution < -0.4 is 4.90 Å². The molecule has 5 rings (SSSR count). The van der Waals surface area contributed by atoms with E-state index in [9.17, 15) is 4.79 Å². The number of fused-ring (bicyclic) bond motifs is 2. The molecular weight excluding hydrogens is 396 g/mol. The molecule has 3 heterocycles. The van der Waals surface area contributed by atoms with Gasteiger partial charge in [-0.2, -0.15) is 0 Å². The van der Waals surface area contributed by atoms with Gasteiger partial charge in [0.25, 0.3) is 5.91 Å². The van der Waals surface area contributed by atoms with E-state index in [0.717, 1.165) is 35.1 Å². The third-order valence-corrected chi connectivity index (χ3v) is 6.14. The lowest BCUT2D eigenvalue weighted by atomic mass is 10.2. The zero-order chi connectivity index (χ0) is 19.1. The molecule has 0 spiro atoms. The number of anilines is 1. The monoisotopic (exact) mass is 412 g/mol. The number of carbonyl (C=O) groups is 1. The molecule has 1 saturated heterocycles. The number of ether oxygens (including phenoxy) is 1. The van der Waals surface area contributed by atoms with Crippen molar-refractivity contribution in [2.24, 2.45) is 0 Å². The van der Waals surface area contributed by atoms with E-state index in [1.54, 1.807) is 17.0 Å². The predicted octanol–water partition coefficient (Wildman–Crippen LogP) is 5.52. The number of carbonyl (C=O) groups excluding carboxylic acids is 1. The van der Waals surface area contributed by atoms with Gasteiger partial charge >= 0.3 is 0 Å². The van der Waals surface area contributed by atoms with Gasteiger partial charge < -0.3 is 9.15 Å². The highest BCUT2D eigenvalue weighted by molar-refractivity contribution is 7.22. The zero-order valence-corrected chi connectivity index (χ0v) is 16.5. The fourth-order valence-corrected chi connectivity index (χ4v) is 4.71. The van der Waals surface area contributed by atoms with E-state index in [1.807, 2.05) is 36.4 Å². The van der Waals surface area contributed by atoms with Crippen molar-refractivity contribution >= 4 is 55.2 Å². The number of hydrogen-bond acceptors (Lipinski definition) is 5. The minimum atomic E-state index is -0.211. The first-order valence-electron chi connectivity index (χ1n) is 9.15. The van der Waals surface area contributed by atoms with E-state index < -0.39 is 0 Å². The molecule has 1 aliphatic heterocycles. The van der Waals surface area contributed by atoms with Crippen LogP contribution in [0.25, 0.3) is 21.2 Å². The molecule has 1 aliphatic rings. The molecule has 0 saturated carbocycles. The summed E-state index contributed by atoms with van der Waals surface area (Å²) in [6.45, 7) is 1.18. The molecule has 1 unspecified atom stereocenters. The lowest BCUT2D eigenvalue weighted by Gasteiger charge is -2.22. The van der Waals surface area contributed by atoms with Gasteiger partial charge in [-0.1, -0.05) is 41.1 Å². The average molecular weight is 413 g/mol. The second kappa shape index (κ2) is 7.20. The predicted molar refractivity (Wildman–Crippen MR) is 111 cm³/mol. The van der Waals surface area contributed by atoms with Crippen molar-refractivity contribution < 1.29 is 13.9 Å². The standard InChI is InChI=1S/C21H17ClN2O3S/c22-14-7-8-16-19(11-14)28-21(23-16)24(12-15-5-3-9-26-15)20(25)18-10-13-4-1-2-6-17(13)27-18/h1-2,4,6-8,10-11,15H,3,5,9,12H2. The summed E-state index contributed by atoms with van der Waals surface area (Å²) < 4.78 is 12.5. The number of thiazole rings is 1. The molecule has 2 aromatic heterocycles. The van der Waals surface area contributed by atoms with Gasteiger partial charge in [-0.25, -0.2) is 4.98 Å². The first-order valence-corrected chi connectivity index (χ1v) is 10.3. The van der Waals surface area contributed by atoms with E-state index in [4.69, 9.17) is 20.8 Å². The molecule has 1 atom stereocenters. The average Bonchev–Trinajstić information content (AvgIpc) is 3.43. The SMILES string of the molecule is O=C(c1cc2ccccc2o1)N(CC1CCCO1)c1nc2ccc(Cl)cc2s1. The number of para-hydroxylation sites is 1. The Morgan fingerprint density at radius 2 is 2.14 bits per heavy atom. The van der Waals surface area contributed by atoms with Crippen LogP contribution >= 0.6 is 22.9 Å². The first kappa shape index (κ1) is 17.7. The highest BCUT2D eigenvalue weighted by Crippen LogP contribution is 2.33. The smallest absolute Gasteiger partial charge is 0.295 e. The number of halogens is 1. The Morgan fingerprint density at radius 3 is 2.96 bits per heavy atom. The van der Waals surface area contributed by atoms with Crippen LogP contribution in [0.4, 0.5) is 5.13 Å². The topological polar surface area (TPSA) is 55.6 Å². The number of benzene rings is 2. The maximum absolute atomic E-state index is 13.4. The fraction of sp³-hybridized carbons (Fsp3) is 0.238. The Bertz CT molecular complexity index is 1130. The maximum atomic E-state index is 13.4. The lowest BCUT2D eigenvalue weighted by molar-refractivity contribution is 0.0896. The van der Waals surface area contributed by atoms with Crippen molar-refractivity contribution in [3.05, 3.63) is 59.3 Å². The second-order valence-electron chi connectivity index (χ2n) is 6.81. The summed E-state index contributed by atoms with van der Waals surface area (Å²) in [5, 5.41) is 2.18. The van der Waals surface area contributed by atoms with E-state index in [1.165, 1.54) is 11.3 Å². The summed E-state index contributed by atoms with van der Waals surface area (Å²) in [5.74, 6) is 0.0911. The molecular formula is C21H17ClN2O3S. The molecule has 0 aliphatic carbocycles. The van der Waals surface area contributed by atoms with Crippen LogP contribution in [0.3, 0.4) is 0 Å². The summed E-state index contributed by atoms with van der Waals surface area (Å²) >= 11 is 7.56. The van der Waals surface area contributed by atoms with Gasteiger partial charge in [-0.3, -0.25) is 9.69 Å². The van der Waals surface area contributed by atoms with Crippen LogP contribution in [0.1, 0.15) is 23.4 Å². The Balaban J connectivity index is 1.55. The van der Waals surface area contributed by atoms with Gasteiger partial charge in [0.15, 0.2) is 10.9 Å². The quantitative estimate of drug-likeness (QED) is 0.442. The van der Waals surface area contributed by atoms with Crippen LogP contribution in [-0.4, -0.2) is 30.1 Å². The Hall–Kier alpha value is -2.41. The van der Waals surface area contributed by atoms with Crippen LogP contribution in [0.2, 0.25) is 5.02 Å². The van der Waals surface area contributed by atoms with Gasteiger partial charge in [0.2, 0.25) is 0 Å². The van der Waals surface area contributed by atoms with E-state index >= 15 is 0 Å². The summed E-state index contributed by atoms with van der Waals surface area (Å²) in [4.78, 5) is 19.7. The molecule has 2 aromatic carbocycles. The molecule has 0 N–H and O–H groups in total. The van der Waals surface area contributed by atoms with Gasteiger partial charge in [-0.15, -0.1) is 0 Å². The number of rotatable bonds is 4. The third kappa shape index (κ3) is 3.28. The Kier molecular flexibility index (Phi) is 4.55. The fourth-order valence-electron chi connectivity index (χ4n) is 3.46. The van der Waals surface area contributed by atoms with Crippen molar-refractivity contribution in [1.29, 1.82) is 0 Å². The number of furan rings is 1. The molecule has 4 aromatic rings. The molecule has 0 bridgehead atoms. The molecule has 28 heavy (non-hydrogen) atoms. The zero-order valence-electron chi connectivity index (χ0n) is 14.9. The number of aromatic nitrogens is 1. The third-order valence-electron chi connectivity index (χ3n) is 4.86. The Labute approximate surface area is 170 Å². The van der Waals surface area contributed by atoms with Crippen LogP contribution in [0.15, 0.2) is 52.9 Å². The summed E-state index contributed by atoms with van der Waals surface area (Å²) in [6.07, 6.45) is 1.94. The molecule has 0 radical (unpaired) electrons. The second-order valence-corrected chi connectivity index (χ2v) is 8.25. The molecule has 5 nitrogen and oxygen atoms in total.